The SMILES string of the molecule is CC(C)CC1(C(=O)NC(C)c2ccc(Br)cc2)CCCC1. The first kappa shape index (κ1) is 16.5. The van der Waals surface area contributed by atoms with Crippen LogP contribution in [0.2, 0.25) is 0 Å². The summed E-state index contributed by atoms with van der Waals surface area (Å²) in [5, 5.41) is 3.25. The lowest BCUT2D eigenvalue weighted by Crippen LogP contribution is -2.41. The Morgan fingerprint density at radius 1 is 1.19 bits per heavy atom. The average molecular weight is 352 g/mol. The van der Waals surface area contributed by atoms with E-state index in [2.05, 4.69) is 54.2 Å². The molecule has 0 aromatic heterocycles. The standard InChI is InChI=1S/C18H26BrNO/c1-13(2)12-18(10-4-5-11-18)17(21)20-14(3)15-6-8-16(19)9-7-15/h6-9,13-14H,4-5,10-12H2,1-3H3,(H,20,21). The molecule has 0 bridgehead atoms. The van der Waals surface area contributed by atoms with Crippen LogP contribution < -0.4 is 5.32 Å². The molecule has 0 spiro atoms. The van der Waals surface area contributed by atoms with Crippen LogP contribution in [0, 0.1) is 11.3 Å². The van der Waals surface area contributed by atoms with Gasteiger partial charge in [-0.15, -0.1) is 0 Å². The van der Waals surface area contributed by atoms with Gasteiger partial charge in [0.15, 0.2) is 0 Å². The number of nitrogens with one attached hydrogen (secondary N) is 1. The van der Waals surface area contributed by atoms with Crippen molar-refractivity contribution in [3.63, 3.8) is 0 Å². The van der Waals surface area contributed by atoms with Crippen LogP contribution >= 0.6 is 15.9 Å². The molecule has 1 amide bonds. The van der Waals surface area contributed by atoms with Crippen LogP contribution in [-0.4, -0.2) is 5.91 Å². The Labute approximate surface area is 136 Å². The highest BCUT2D eigenvalue weighted by Gasteiger charge is 2.41. The quantitative estimate of drug-likeness (QED) is 0.772. The number of hydrogen-bond donors (Lipinski definition) is 1. The summed E-state index contributed by atoms with van der Waals surface area (Å²) in [6, 6.07) is 8.25. The van der Waals surface area contributed by atoms with E-state index in [-0.39, 0.29) is 17.4 Å². The molecule has 0 heterocycles. The third kappa shape index (κ3) is 4.09. The second-order valence-electron chi connectivity index (χ2n) is 6.83. The summed E-state index contributed by atoms with van der Waals surface area (Å²) in [4.78, 5) is 12.8. The topological polar surface area (TPSA) is 29.1 Å². The zero-order chi connectivity index (χ0) is 15.5. The largest absolute Gasteiger partial charge is 0.349 e. The predicted octanol–water partition coefficient (Wildman–Crippen LogP) is 5.23. The van der Waals surface area contributed by atoms with Crippen LogP contribution in [0.1, 0.15) is 64.5 Å². The monoisotopic (exact) mass is 351 g/mol. The molecule has 3 heteroatoms. The van der Waals surface area contributed by atoms with Crippen LogP contribution in [0.25, 0.3) is 0 Å². The molecule has 2 nitrogen and oxygen atoms in total. The normalized spacial score (nSPS) is 18.7. The van der Waals surface area contributed by atoms with Gasteiger partial charge in [0.2, 0.25) is 5.91 Å². The van der Waals surface area contributed by atoms with Gasteiger partial charge in [0.25, 0.3) is 0 Å². The summed E-state index contributed by atoms with van der Waals surface area (Å²) < 4.78 is 1.07. The molecule has 21 heavy (non-hydrogen) atoms. The molecule has 0 aliphatic heterocycles. The lowest BCUT2D eigenvalue weighted by Gasteiger charge is -2.31. The fourth-order valence-electron chi connectivity index (χ4n) is 3.54. The first-order chi connectivity index (χ1) is 9.93. The van der Waals surface area contributed by atoms with E-state index in [0.717, 1.165) is 29.3 Å². The molecule has 1 fully saturated rings. The molecule has 1 aliphatic rings. The lowest BCUT2D eigenvalue weighted by atomic mass is 9.77. The molecule has 2 rings (SSSR count). The van der Waals surface area contributed by atoms with Gasteiger partial charge in [-0.2, -0.15) is 0 Å². The molecule has 1 aromatic carbocycles. The first-order valence-electron chi connectivity index (χ1n) is 7.99. The van der Waals surface area contributed by atoms with Crippen LogP contribution in [0.5, 0.6) is 0 Å². The van der Waals surface area contributed by atoms with Crippen molar-refractivity contribution in [2.24, 2.45) is 11.3 Å². The van der Waals surface area contributed by atoms with Crippen molar-refractivity contribution < 1.29 is 4.79 Å². The van der Waals surface area contributed by atoms with Crippen molar-refractivity contribution >= 4 is 21.8 Å². The second kappa shape index (κ2) is 6.95. The van der Waals surface area contributed by atoms with E-state index in [1.165, 1.54) is 12.8 Å². The smallest absolute Gasteiger partial charge is 0.226 e. The van der Waals surface area contributed by atoms with E-state index in [1.807, 2.05) is 12.1 Å². The van der Waals surface area contributed by atoms with Crippen molar-refractivity contribution in [3.05, 3.63) is 34.3 Å². The summed E-state index contributed by atoms with van der Waals surface area (Å²) >= 11 is 3.45. The Morgan fingerprint density at radius 3 is 2.29 bits per heavy atom. The summed E-state index contributed by atoms with van der Waals surface area (Å²) in [5.41, 5.74) is 1.03. The van der Waals surface area contributed by atoms with E-state index in [0.29, 0.717) is 5.92 Å². The predicted molar refractivity (Wildman–Crippen MR) is 91.1 cm³/mol. The van der Waals surface area contributed by atoms with Gasteiger partial charge in [-0.1, -0.05) is 54.8 Å². The lowest BCUT2D eigenvalue weighted by molar-refractivity contribution is -0.132. The molecule has 1 N–H and O–H groups in total. The Bertz CT molecular complexity index is 474. The fraction of sp³-hybridized carbons (Fsp3) is 0.611. The maximum atomic E-state index is 12.8. The van der Waals surface area contributed by atoms with Crippen LogP contribution in [0.15, 0.2) is 28.7 Å². The minimum atomic E-state index is -0.127. The average Bonchev–Trinajstić information content (AvgIpc) is 2.88. The number of halogens is 1. The molecule has 116 valence electrons. The van der Waals surface area contributed by atoms with Crippen LogP contribution in [0.3, 0.4) is 0 Å². The minimum Gasteiger partial charge on any atom is -0.349 e. The molecule has 1 atom stereocenters. The van der Waals surface area contributed by atoms with Gasteiger partial charge < -0.3 is 5.32 Å². The number of benzene rings is 1. The second-order valence-corrected chi connectivity index (χ2v) is 7.75. The highest BCUT2D eigenvalue weighted by atomic mass is 79.9. The summed E-state index contributed by atoms with van der Waals surface area (Å²) in [6.45, 7) is 6.50. The Hall–Kier alpha value is -0.830. The van der Waals surface area contributed by atoms with Gasteiger partial charge in [0.05, 0.1) is 6.04 Å². The zero-order valence-electron chi connectivity index (χ0n) is 13.3. The number of rotatable bonds is 5. The first-order valence-corrected chi connectivity index (χ1v) is 8.79. The Morgan fingerprint density at radius 2 is 1.76 bits per heavy atom. The Kier molecular flexibility index (Phi) is 5.48. The zero-order valence-corrected chi connectivity index (χ0v) is 14.9. The molecule has 1 aromatic rings. The van der Waals surface area contributed by atoms with E-state index < -0.39 is 0 Å². The molecular formula is C18H26BrNO. The van der Waals surface area contributed by atoms with E-state index in [9.17, 15) is 4.79 Å². The van der Waals surface area contributed by atoms with Gasteiger partial charge in [-0.3, -0.25) is 4.79 Å². The molecule has 1 unspecified atom stereocenters. The van der Waals surface area contributed by atoms with Gasteiger partial charge >= 0.3 is 0 Å². The van der Waals surface area contributed by atoms with Crippen molar-refractivity contribution in [1.82, 2.24) is 5.32 Å². The highest BCUT2D eigenvalue weighted by molar-refractivity contribution is 9.10. The number of amides is 1. The third-order valence-electron chi connectivity index (χ3n) is 4.56. The minimum absolute atomic E-state index is 0.0650. The summed E-state index contributed by atoms with van der Waals surface area (Å²) in [5.74, 6) is 0.820. The van der Waals surface area contributed by atoms with Gasteiger partial charge in [0.1, 0.15) is 0 Å². The van der Waals surface area contributed by atoms with Crippen molar-refractivity contribution in [2.75, 3.05) is 0 Å². The number of hydrogen-bond acceptors (Lipinski definition) is 1. The van der Waals surface area contributed by atoms with E-state index >= 15 is 0 Å². The van der Waals surface area contributed by atoms with E-state index in [4.69, 9.17) is 0 Å². The van der Waals surface area contributed by atoms with Gasteiger partial charge in [-0.25, -0.2) is 0 Å². The maximum Gasteiger partial charge on any atom is 0.226 e. The molecular weight excluding hydrogens is 326 g/mol. The highest BCUT2D eigenvalue weighted by Crippen LogP contribution is 2.43. The number of carbonyl (C=O) groups excluding carboxylic acids is 1. The molecule has 1 saturated carbocycles. The van der Waals surface area contributed by atoms with Crippen molar-refractivity contribution in [2.45, 2.75) is 58.9 Å². The molecule has 0 radical (unpaired) electrons. The van der Waals surface area contributed by atoms with Crippen molar-refractivity contribution in [1.29, 1.82) is 0 Å². The van der Waals surface area contributed by atoms with Crippen LogP contribution in [0.4, 0.5) is 0 Å². The van der Waals surface area contributed by atoms with Gasteiger partial charge in [0, 0.05) is 9.89 Å². The number of carbonyl (C=O) groups is 1. The van der Waals surface area contributed by atoms with Crippen molar-refractivity contribution in [3.8, 4) is 0 Å². The third-order valence-corrected chi connectivity index (χ3v) is 5.09. The van der Waals surface area contributed by atoms with Crippen LogP contribution in [-0.2, 0) is 4.79 Å². The van der Waals surface area contributed by atoms with E-state index in [1.54, 1.807) is 0 Å². The Balaban J connectivity index is 2.06. The molecule has 1 aliphatic carbocycles. The van der Waals surface area contributed by atoms with Gasteiger partial charge in [-0.05, 0) is 49.8 Å². The summed E-state index contributed by atoms with van der Waals surface area (Å²) in [7, 11) is 0. The summed E-state index contributed by atoms with van der Waals surface area (Å²) in [6.07, 6.45) is 5.47. The molecule has 0 saturated heterocycles. The maximum absolute atomic E-state index is 12.8. The fourth-order valence-corrected chi connectivity index (χ4v) is 3.81.